The molecule has 8 heteroatoms. The zero-order chi connectivity index (χ0) is 21.9. The smallest absolute Gasteiger partial charge is 0.234 e. The number of carbonyl (C=O) groups is 1. The molecule has 1 amide bonds. The minimum atomic E-state index is -0.123. The number of aromatic nitrogens is 4. The number of thioether (sulfide) groups is 1. The average Bonchev–Trinajstić information content (AvgIpc) is 3.43. The number of benzene rings is 2. The molecule has 2 aromatic carbocycles. The van der Waals surface area contributed by atoms with Crippen LogP contribution in [0.5, 0.6) is 0 Å². The summed E-state index contributed by atoms with van der Waals surface area (Å²) in [6, 6.07) is 21.2. The molecule has 0 saturated heterocycles. The Hall–Kier alpha value is -3.91. The average molecular weight is 442 g/mol. The molecule has 0 radical (unpaired) electrons. The lowest BCUT2D eigenvalue weighted by Crippen LogP contribution is -2.14. The van der Waals surface area contributed by atoms with Crippen LogP contribution in [0.15, 0.2) is 88.8 Å². The van der Waals surface area contributed by atoms with Gasteiger partial charge >= 0.3 is 0 Å². The first-order chi connectivity index (χ1) is 15.7. The quantitative estimate of drug-likeness (QED) is 0.368. The summed E-state index contributed by atoms with van der Waals surface area (Å²) in [5, 5.41) is 13.3. The largest absolute Gasteiger partial charge is 0.469 e. The van der Waals surface area contributed by atoms with Gasteiger partial charge in [-0.3, -0.25) is 14.3 Å². The SMILES string of the molecule is Cc1occc1-c1nnc(SCC(=O)Nc2ccc3ncccc3c2)n1-c1ccccc1. The molecule has 3 heterocycles. The maximum atomic E-state index is 12.6. The Labute approximate surface area is 188 Å². The molecule has 5 rings (SSSR count). The lowest BCUT2D eigenvalue weighted by atomic mass is 10.2. The van der Waals surface area contributed by atoms with Crippen molar-refractivity contribution in [2.75, 3.05) is 11.1 Å². The Kier molecular flexibility index (Phi) is 5.43. The fourth-order valence-electron chi connectivity index (χ4n) is 3.45. The number of rotatable bonds is 6. The van der Waals surface area contributed by atoms with Crippen molar-refractivity contribution in [3.05, 3.63) is 85.0 Å². The van der Waals surface area contributed by atoms with E-state index < -0.39 is 0 Å². The van der Waals surface area contributed by atoms with Gasteiger partial charge < -0.3 is 9.73 Å². The van der Waals surface area contributed by atoms with Crippen LogP contribution in [0.2, 0.25) is 0 Å². The van der Waals surface area contributed by atoms with Crippen molar-refractivity contribution >= 4 is 34.3 Å². The van der Waals surface area contributed by atoms with Gasteiger partial charge in [-0.2, -0.15) is 0 Å². The van der Waals surface area contributed by atoms with Gasteiger partial charge in [0.25, 0.3) is 0 Å². The number of furan rings is 1. The molecular weight excluding hydrogens is 422 g/mol. The maximum absolute atomic E-state index is 12.6. The number of hydrogen-bond donors (Lipinski definition) is 1. The topological polar surface area (TPSA) is 85.8 Å². The van der Waals surface area contributed by atoms with E-state index in [0.29, 0.717) is 11.0 Å². The first-order valence-electron chi connectivity index (χ1n) is 10.0. The highest BCUT2D eigenvalue weighted by Crippen LogP contribution is 2.30. The molecular formula is C24H19N5O2S. The summed E-state index contributed by atoms with van der Waals surface area (Å²) in [7, 11) is 0. The van der Waals surface area contributed by atoms with Gasteiger partial charge in [0.1, 0.15) is 5.76 Å². The van der Waals surface area contributed by atoms with E-state index in [1.54, 1.807) is 12.5 Å². The number of anilines is 1. The minimum Gasteiger partial charge on any atom is -0.469 e. The molecule has 1 N–H and O–H groups in total. The molecule has 0 saturated carbocycles. The second-order valence-electron chi connectivity index (χ2n) is 7.12. The summed E-state index contributed by atoms with van der Waals surface area (Å²) >= 11 is 1.33. The molecule has 3 aromatic heterocycles. The lowest BCUT2D eigenvalue weighted by molar-refractivity contribution is -0.113. The molecule has 0 unspecified atom stereocenters. The van der Waals surface area contributed by atoms with E-state index in [-0.39, 0.29) is 11.7 Å². The molecule has 5 aromatic rings. The predicted molar refractivity (Wildman–Crippen MR) is 125 cm³/mol. The van der Waals surface area contributed by atoms with Crippen molar-refractivity contribution in [2.45, 2.75) is 12.1 Å². The van der Waals surface area contributed by atoms with Gasteiger partial charge in [-0.25, -0.2) is 0 Å². The molecule has 7 nitrogen and oxygen atoms in total. The second kappa shape index (κ2) is 8.68. The van der Waals surface area contributed by atoms with Gasteiger partial charge in [0.2, 0.25) is 5.91 Å². The van der Waals surface area contributed by atoms with Crippen LogP contribution in [0.25, 0.3) is 28.0 Å². The highest BCUT2D eigenvalue weighted by atomic mass is 32.2. The molecule has 0 bridgehead atoms. The normalized spacial score (nSPS) is 11.0. The Balaban J connectivity index is 1.37. The summed E-state index contributed by atoms with van der Waals surface area (Å²) in [6.07, 6.45) is 3.38. The Bertz CT molecular complexity index is 1390. The van der Waals surface area contributed by atoms with E-state index in [9.17, 15) is 4.79 Å². The zero-order valence-electron chi connectivity index (χ0n) is 17.2. The molecule has 0 aliphatic carbocycles. The van der Waals surface area contributed by atoms with E-state index in [0.717, 1.165) is 33.6 Å². The second-order valence-corrected chi connectivity index (χ2v) is 8.06. The van der Waals surface area contributed by atoms with E-state index in [4.69, 9.17) is 4.42 Å². The van der Waals surface area contributed by atoms with E-state index in [2.05, 4.69) is 20.5 Å². The maximum Gasteiger partial charge on any atom is 0.234 e. The minimum absolute atomic E-state index is 0.123. The third-order valence-electron chi connectivity index (χ3n) is 4.97. The van der Waals surface area contributed by atoms with Crippen molar-refractivity contribution in [2.24, 2.45) is 0 Å². The summed E-state index contributed by atoms with van der Waals surface area (Å²) in [5.74, 6) is 1.50. The number of aryl methyl sites for hydroxylation is 1. The van der Waals surface area contributed by atoms with Crippen LogP contribution in [0.3, 0.4) is 0 Å². The number of hydrogen-bond acceptors (Lipinski definition) is 6. The summed E-state index contributed by atoms with van der Waals surface area (Å²) in [4.78, 5) is 16.9. The number of amides is 1. The third-order valence-corrected chi connectivity index (χ3v) is 5.90. The van der Waals surface area contributed by atoms with Crippen LogP contribution in [0, 0.1) is 6.92 Å². The summed E-state index contributed by atoms with van der Waals surface area (Å²) in [6.45, 7) is 1.89. The molecule has 158 valence electrons. The molecule has 0 aliphatic heterocycles. The fourth-order valence-corrected chi connectivity index (χ4v) is 4.20. The molecule has 0 atom stereocenters. The van der Waals surface area contributed by atoms with Crippen molar-refractivity contribution in [3.63, 3.8) is 0 Å². The van der Waals surface area contributed by atoms with Gasteiger partial charge in [0, 0.05) is 23.0 Å². The van der Waals surface area contributed by atoms with Crippen molar-refractivity contribution < 1.29 is 9.21 Å². The number of nitrogens with zero attached hydrogens (tertiary/aromatic N) is 4. The molecule has 32 heavy (non-hydrogen) atoms. The number of nitrogens with one attached hydrogen (secondary N) is 1. The number of fused-ring (bicyclic) bond motifs is 1. The molecule has 0 spiro atoms. The van der Waals surface area contributed by atoms with Gasteiger partial charge in [-0.1, -0.05) is 36.0 Å². The first-order valence-corrected chi connectivity index (χ1v) is 11.0. The monoisotopic (exact) mass is 441 g/mol. The van der Waals surface area contributed by atoms with Gasteiger partial charge in [-0.15, -0.1) is 10.2 Å². The number of pyridine rings is 1. The van der Waals surface area contributed by atoms with E-state index in [1.807, 2.05) is 78.2 Å². The van der Waals surface area contributed by atoms with Crippen LogP contribution in [0.1, 0.15) is 5.76 Å². The highest BCUT2D eigenvalue weighted by molar-refractivity contribution is 7.99. The third kappa shape index (κ3) is 4.00. The molecule has 0 aliphatic rings. The fraction of sp³-hybridized carbons (Fsp3) is 0.0833. The summed E-state index contributed by atoms with van der Waals surface area (Å²) in [5.41, 5.74) is 3.40. The summed E-state index contributed by atoms with van der Waals surface area (Å²) < 4.78 is 7.40. The standard InChI is InChI=1S/C24H19N5O2S/c1-16-20(11-13-31-16)23-27-28-24(29(23)19-7-3-2-4-8-19)32-15-22(30)26-18-9-10-21-17(14-18)6-5-12-25-21/h2-14H,15H2,1H3,(H,26,30). The number of para-hydroxylation sites is 1. The predicted octanol–water partition coefficient (Wildman–Crippen LogP) is 5.11. The first kappa shape index (κ1) is 20.0. The number of carbonyl (C=O) groups excluding carboxylic acids is 1. The zero-order valence-corrected chi connectivity index (χ0v) is 18.0. The van der Waals surface area contributed by atoms with Crippen molar-refractivity contribution in [1.29, 1.82) is 0 Å². The highest BCUT2D eigenvalue weighted by Gasteiger charge is 2.19. The Morgan fingerprint density at radius 2 is 1.94 bits per heavy atom. The van der Waals surface area contributed by atoms with E-state index >= 15 is 0 Å². The Morgan fingerprint density at radius 1 is 1.06 bits per heavy atom. The lowest BCUT2D eigenvalue weighted by Gasteiger charge is -2.10. The van der Waals surface area contributed by atoms with Crippen LogP contribution >= 0.6 is 11.8 Å². The van der Waals surface area contributed by atoms with Crippen LogP contribution in [-0.4, -0.2) is 31.4 Å². The van der Waals surface area contributed by atoms with Crippen LogP contribution in [-0.2, 0) is 4.79 Å². The van der Waals surface area contributed by atoms with Crippen LogP contribution in [0.4, 0.5) is 5.69 Å². The van der Waals surface area contributed by atoms with Gasteiger partial charge in [-0.05, 0) is 49.4 Å². The van der Waals surface area contributed by atoms with Gasteiger partial charge in [0.15, 0.2) is 11.0 Å². The van der Waals surface area contributed by atoms with Crippen molar-refractivity contribution in [1.82, 2.24) is 19.7 Å². The van der Waals surface area contributed by atoms with Crippen molar-refractivity contribution in [3.8, 4) is 17.1 Å². The molecule has 0 fully saturated rings. The van der Waals surface area contributed by atoms with E-state index in [1.165, 1.54) is 11.8 Å². The van der Waals surface area contributed by atoms with Gasteiger partial charge in [0.05, 0.1) is 23.1 Å². The Morgan fingerprint density at radius 3 is 2.75 bits per heavy atom. The van der Waals surface area contributed by atoms with Crippen LogP contribution < -0.4 is 5.32 Å².